The lowest BCUT2D eigenvalue weighted by atomic mass is 10.1. The second-order valence-electron chi connectivity index (χ2n) is 5.84. The molecule has 6 heteroatoms. The van der Waals surface area contributed by atoms with Crippen molar-refractivity contribution in [3.8, 4) is 0 Å². The number of aryl methyl sites for hydroxylation is 1. The van der Waals surface area contributed by atoms with Crippen molar-refractivity contribution < 1.29 is 13.2 Å². The Labute approximate surface area is 143 Å². The number of nitrogens with one attached hydrogen (secondary N) is 1. The monoisotopic (exact) mass is 346 g/mol. The molecule has 5 nitrogen and oxygen atoms in total. The quantitative estimate of drug-likeness (QED) is 0.905. The van der Waals surface area contributed by atoms with Crippen LogP contribution in [0.4, 0.5) is 5.69 Å². The summed E-state index contributed by atoms with van der Waals surface area (Å²) in [5.41, 5.74) is 2.81. The summed E-state index contributed by atoms with van der Waals surface area (Å²) in [5, 5.41) is 2.95. The van der Waals surface area contributed by atoms with E-state index in [1.807, 2.05) is 37.3 Å². The van der Waals surface area contributed by atoms with E-state index in [0.29, 0.717) is 11.3 Å². The number of carbonyl (C=O) groups excluding carboxylic acids is 1. The molecule has 0 fully saturated rings. The van der Waals surface area contributed by atoms with Crippen molar-refractivity contribution in [2.24, 2.45) is 0 Å². The molecule has 2 rings (SSSR count). The van der Waals surface area contributed by atoms with Gasteiger partial charge in [0.05, 0.1) is 18.0 Å². The molecule has 0 bridgehead atoms. The summed E-state index contributed by atoms with van der Waals surface area (Å²) in [7, 11) is -1.84. The van der Waals surface area contributed by atoms with Crippen LogP contribution in [0.2, 0.25) is 0 Å². The van der Waals surface area contributed by atoms with Gasteiger partial charge < -0.3 is 5.32 Å². The molecule has 0 saturated heterocycles. The summed E-state index contributed by atoms with van der Waals surface area (Å²) >= 11 is 0. The Bertz CT molecular complexity index is 833. The van der Waals surface area contributed by atoms with Gasteiger partial charge in [0.15, 0.2) is 0 Å². The van der Waals surface area contributed by atoms with Gasteiger partial charge in [-0.15, -0.1) is 0 Å². The van der Waals surface area contributed by atoms with E-state index in [1.54, 1.807) is 25.1 Å². The Morgan fingerprint density at radius 2 is 1.75 bits per heavy atom. The Hall–Kier alpha value is -2.34. The molecule has 0 radical (unpaired) electrons. The minimum absolute atomic E-state index is 0.114. The summed E-state index contributed by atoms with van der Waals surface area (Å²) in [6, 6.07) is 14.6. The van der Waals surface area contributed by atoms with Gasteiger partial charge in [-0.1, -0.05) is 30.3 Å². The first-order valence-electron chi connectivity index (χ1n) is 7.60. The summed E-state index contributed by atoms with van der Waals surface area (Å²) in [4.78, 5) is 12.4. The van der Waals surface area contributed by atoms with Gasteiger partial charge in [0.1, 0.15) is 0 Å². The van der Waals surface area contributed by atoms with Gasteiger partial charge in [-0.3, -0.25) is 9.10 Å². The fourth-order valence-electron chi connectivity index (χ4n) is 2.43. The number of amides is 1. The Morgan fingerprint density at radius 3 is 2.29 bits per heavy atom. The number of benzene rings is 2. The molecule has 0 aliphatic carbocycles. The number of carbonyl (C=O) groups is 1. The second-order valence-corrected chi connectivity index (χ2v) is 7.85. The third-order valence-corrected chi connectivity index (χ3v) is 5.13. The topological polar surface area (TPSA) is 66.5 Å². The number of nitrogens with zero attached hydrogens (tertiary/aromatic N) is 1. The maximum absolute atomic E-state index is 12.4. The van der Waals surface area contributed by atoms with E-state index < -0.39 is 10.0 Å². The second kappa shape index (κ2) is 7.05. The third kappa shape index (κ3) is 4.14. The molecule has 0 aliphatic heterocycles. The van der Waals surface area contributed by atoms with Gasteiger partial charge in [0, 0.05) is 12.6 Å². The zero-order valence-corrected chi connectivity index (χ0v) is 15.1. The number of rotatable bonds is 5. The normalized spacial score (nSPS) is 12.5. The van der Waals surface area contributed by atoms with Crippen molar-refractivity contribution in [1.29, 1.82) is 0 Å². The first-order chi connectivity index (χ1) is 11.2. The average molecular weight is 346 g/mol. The molecule has 0 aromatic heterocycles. The van der Waals surface area contributed by atoms with Crippen LogP contribution >= 0.6 is 0 Å². The van der Waals surface area contributed by atoms with Crippen molar-refractivity contribution >= 4 is 21.6 Å². The highest BCUT2D eigenvalue weighted by Crippen LogP contribution is 2.22. The van der Waals surface area contributed by atoms with Crippen molar-refractivity contribution in [3.63, 3.8) is 0 Å². The minimum Gasteiger partial charge on any atom is -0.346 e. The fraction of sp³-hybridized carbons (Fsp3) is 0.278. The first kappa shape index (κ1) is 18.0. The summed E-state index contributed by atoms with van der Waals surface area (Å²) in [6.07, 6.45) is 1.15. The van der Waals surface area contributed by atoms with Crippen LogP contribution in [0.3, 0.4) is 0 Å². The van der Waals surface area contributed by atoms with Gasteiger partial charge >= 0.3 is 0 Å². The molecule has 0 unspecified atom stereocenters. The molecular weight excluding hydrogens is 324 g/mol. The van der Waals surface area contributed by atoms with E-state index in [-0.39, 0.29) is 11.9 Å². The molecule has 0 saturated carbocycles. The van der Waals surface area contributed by atoms with Crippen molar-refractivity contribution in [1.82, 2.24) is 5.32 Å². The highest BCUT2D eigenvalue weighted by Gasteiger charge is 2.17. The SMILES string of the molecule is Cc1cc(C(=O)N[C@H](C)c2ccccc2)ccc1N(C)S(C)(=O)=O. The van der Waals surface area contributed by atoms with Crippen LogP contribution < -0.4 is 9.62 Å². The Kier molecular flexibility index (Phi) is 5.29. The predicted molar refractivity (Wildman–Crippen MR) is 96.7 cm³/mol. The third-order valence-electron chi connectivity index (χ3n) is 3.94. The number of hydrogen-bond acceptors (Lipinski definition) is 3. The van der Waals surface area contributed by atoms with Gasteiger partial charge in [-0.25, -0.2) is 8.42 Å². The maximum Gasteiger partial charge on any atom is 0.251 e. The van der Waals surface area contributed by atoms with Crippen molar-refractivity contribution in [2.45, 2.75) is 19.9 Å². The number of anilines is 1. The van der Waals surface area contributed by atoms with Crippen molar-refractivity contribution in [2.75, 3.05) is 17.6 Å². The van der Waals surface area contributed by atoms with Gasteiger partial charge in [0.25, 0.3) is 5.91 Å². The van der Waals surface area contributed by atoms with Crippen LogP contribution in [0, 0.1) is 6.92 Å². The van der Waals surface area contributed by atoms with Crippen LogP contribution in [-0.2, 0) is 10.0 Å². The molecule has 2 aromatic rings. The minimum atomic E-state index is -3.33. The lowest BCUT2D eigenvalue weighted by Crippen LogP contribution is -2.28. The van der Waals surface area contributed by atoms with Gasteiger partial charge in [-0.05, 0) is 43.2 Å². The van der Waals surface area contributed by atoms with E-state index in [4.69, 9.17) is 0 Å². The molecule has 1 amide bonds. The molecule has 1 N–H and O–H groups in total. The summed E-state index contributed by atoms with van der Waals surface area (Å²) in [6.45, 7) is 3.71. The smallest absolute Gasteiger partial charge is 0.251 e. The van der Waals surface area contributed by atoms with Crippen LogP contribution in [0.1, 0.15) is 34.5 Å². The molecule has 128 valence electrons. The lowest BCUT2D eigenvalue weighted by molar-refractivity contribution is 0.0940. The van der Waals surface area contributed by atoms with E-state index in [9.17, 15) is 13.2 Å². The molecule has 1 atom stereocenters. The summed E-state index contributed by atoms with van der Waals surface area (Å²) < 4.78 is 24.5. The fourth-order valence-corrected chi connectivity index (χ4v) is 3.00. The highest BCUT2D eigenvalue weighted by molar-refractivity contribution is 7.92. The molecule has 2 aromatic carbocycles. The molecule has 24 heavy (non-hydrogen) atoms. The van der Waals surface area contributed by atoms with Crippen LogP contribution in [0.5, 0.6) is 0 Å². The Morgan fingerprint density at radius 1 is 1.12 bits per heavy atom. The van der Waals surface area contributed by atoms with E-state index in [1.165, 1.54) is 11.4 Å². The zero-order valence-electron chi connectivity index (χ0n) is 14.3. The number of sulfonamides is 1. The zero-order chi connectivity index (χ0) is 17.9. The summed E-state index contributed by atoms with van der Waals surface area (Å²) in [5.74, 6) is -0.192. The van der Waals surface area contributed by atoms with E-state index in [2.05, 4.69) is 5.32 Å². The van der Waals surface area contributed by atoms with Crippen LogP contribution in [-0.4, -0.2) is 27.6 Å². The van der Waals surface area contributed by atoms with Gasteiger partial charge in [0.2, 0.25) is 10.0 Å². The number of hydrogen-bond donors (Lipinski definition) is 1. The standard InChI is InChI=1S/C18H22N2O3S/c1-13-12-16(10-11-17(13)20(3)24(4,22)23)18(21)19-14(2)15-8-6-5-7-9-15/h5-12,14H,1-4H3,(H,19,21)/t14-/m1/s1. The van der Waals surface area contributed by atoms with Crippen LogP contribution in [0.25, 0.3) is 0 Å². The highest BCUT2D eigenvalue weighted by atomic mass is 32.2. The van der Waals surface area contributed by atoms with E-state index in [0.717, 1.165) is 17.4 Å². The molecular formula is C18H22N2O3S. The molecule has 0 heterocycles. The largest absolute Gasteiger partial charge is 0.346 e. The van der Waals surface area contributed by atoms with Gasteiger partial charge in [-0.2, -0.15) is 0 Å². The first-order valence-corrected chi connectivity index (χ1v) is 9.45. The molecule has 0 aliphatic rings. The maximum atomic E-state index is 12.4. The predicted octanol–water partition coefficient (Wildman–Crippen LogP) is 2.88. The molecule has 0 spiro atoms. The van der Waals surface area contributed by atoms with Crippen molar-refractivity contribution in [3.05, 3.63) is 65.2 Å². The Balaban J connectivity index is 2.18. The average Bonchev–Trinajstić information content (AvgIpc) is 2.54. The van der Waals surface area contributed by atoms with Crippen LogP contribution in [0.15, 0.2) is 48.5 Å². The van der Waals surface area contributed by atoms with E-state index >= 15 is 0 Å². The lowest BCUT2D eigenvalue weighted by Gasteiger charge is -2.20.